The van der Waals surface area contributed by atoms with E-state index in [2.05, 4.69) is 5.32 Å². The zero-order valence-electron chi connectivity index (χ0n) is 18.8. The second-order valence-electron chi connectivity index (χ2n) is 7.09. The summed E-state index contributed by atoms with van der Waals surface area (Å²) in [5, 5.41) is 23.7. The molecule has 0 saturated heterocycles. The van der Waals surface area contributed by atoms with Gasteiger partial charge in [0, 0.05) is 11.1 Å². The van der Waals surface area contributed by atoms with Gasteiger partial charge in [-0.2, -0.15) is 5.26 Å². The van der Waals surface area contributed by atoms with Crippen molar-refractivity contribution in [3.05, 3.63) is 92.5 Å². The number of nitrogens with zero attached hydrogens (tertiary/aromatic N) is 2. The molecule has 0 atom stereocenters. The van der Waals surface area contributed by atoms with Crippen LogP contribution in [0.4, 0.5) is 11.4 Å². The van der Waals surface area contributed by atoms with Gasteiger partial charge in [-0.15, -0.1) is 0 Å². The Labute approximate surface area is 206 Å². The summed E-state index contributed by atoms with van der Waals surface area (Å²) in [7, 11) is 2.82. The zero-order valence-corrected chi connectivity index (χ0v) is 19.5. The highest BCUT2D eigenvalue weighted by molar-refractivity contribution is 6.30. The molecule has 0 aromatic heterocycles. The van der Waals surface area contributed by atoms with E-state index >= 15 is 0 Å². The first-order valence-corrected chi connectivity index (χ1v) is 10.5. The molecule has 0 aliphatic carbocycles. The fraction of sp³-hybridized carbons (Fsp3) is 0.120. The van der Waals surface area contributed by atoms with Gasteiger partial charge in [0.15, 0.2) is 11.5 Å². The van der Waals surface area contributed by atoms with E-state index in [4.69, 9.17) is 25.8 Å². The van der Waals surface area contributed by atoms with Gasteiger partial charge in [0.05, 0.1) is 30.9 Å². The van der Waals surface area contributed by atoms with Gasteiger partial charge in [0.25, 0.3) is 11.6 Å². The first kappa shape index (κ1) is 25.1. The van der Waals surface area contributed by atoms with Crippen molar-refractivity contribution in [3.8, 4) is 23.3 Å². The number of nitro groups is 1. The van der Waals surface area contributed by atoms with Crippen molar-refractivity contribution in [1.82, 2.24) is 0 Å². The van der Waals surface area contributed by atoms with Crippen molar-refractivity contribution in [2.75, 3.05) is 19.5 Å². The molecule has 0 heterocycles. The van der Waals surface area contributed by atoms with Crippen molar-refractivity contribution in [2.45, 2.75) is 6.61 Å². The van der Waals surface area contributed by atoms with Gasteiger partial charge in [0.2, 0.25) is 0 Å². The Kier molecular flexibility index (Phi) is 8.27. The van der Waals surface area contributed by atoms with Gasteiger partial charge in [-0.3, -0.25) is 14.9 Å². The lowest BCUT2D eigenvalue weighted by atomic mass is 10.1. The molecule has 1 N–H and O–H groups in total. The van der Waals surface area contributed by atoms with Crippen molar-refractivity contribution < 1.29 is 23.9 Å². The molecule has 3 aromatic rings. The smallest absolute Gasteiger partial charge is 0.273 e. The van der Waals surface area contributed by atoms with Crippen LogP contribution in [0.5, 0.6) is 17.2 Å². The number of carbonyl (C=O) groups excluding carboxylic acids is 1. The first-order chi connectivity index (χ1) is 16.8. The third kappa shape index (κ3) is 6.50. The van der Waals surface area contributed by atoms with Crippen molar-refractivity contribution >= 4 is 35.0 Å². The number of carbonyl (C=O) groups is 1. The number of anilines is 1. The topological polar surface area (TPSA) is 124 Å². The average Bonchev–Trinajstić information content (AvgIpc) is 2.87. The largest absolute Gasteiger partial charge is 0.494 e. The predicted octanol–water partition coefficient (Wildman–Crippen LogP) is 5.39. The van der Waals surface area contributed by atoms with E-state index in [-0.39, 0.29) is 29.3 Å². The highest BCUT2D eigenvalue weighted by atomic mass is 35.5. The zero-order chi connectivity index (χ0) is 25.4. The van der Waals surface area contributed by atoms with Gasteiger partial charge in [-0.25, -0.2) is 0 Å². The minimum Gasteiger partial charge on any atom is -0.494 e. The second-order valence-corrected chi connectivity index (χ2v) is 7.53. The summed E-state index contributed by atoms with van der Waals surface area (Å²) in [4.78, 5) is 23.1. The van der Waals surface area contributed by atoms with Crippen LogP contribution in [-0.4, -0.2) is 25.1 Å². The van der Waals surface area contributed by atoms with Gasteiger partial charge in [-0.05, 0) is 47.5 Å². The Morgan fingerprint density at radius 3 is 2.40 bits per heavy atom. The summed E-state index contributed by atoms with van der Waals surface area (Å²) < 4.78 is 16.3. The van der Waals surface area contributed by atoms with Crippen molar-refractivity contribution in [1.29, 1.82) is 5.26 Å². The number of hydrogen-bond donors (Lipinski definition) is 1. The van der Waals surface area contributed by atoms with Crippen LogP contribution in [0.1, 0.15) is 11.1 Å². The van der Waals surface area contributed by atoms with Gasteiger partial charge in [0.1, 0.15) is 24.0 Å². The molecule has 3 aromatic carbocycles. The molecule has 0 spiro atoms. The van der Waals surface area contributed by atoms with Gasteiger partial charge >= 0.3 is 0 Å². The molecule has 0 bridgehead atoms. The summed E-state index contributed by atoms with van der Waals surface area (Å²) in [6, 6.07) is 17.8. The predicted molar refractivity (Wildman–Crippen MR) is 131 cm³/mol. The highest BCUT2D eigenvalue weighted by Gasteiger charge is 2.16. The number of benzene rings is 3. The van der Waals surface area contributed by atoms with Crippen molar-refractivity contribution in [2.24, 2.45) is 0 Å². The number of nitrogens with one attached hydrogen (secondary N) is 1. The van der Waals surface area contributed by atoms with Crippen LogP contribution in [0, 0.1) is 21.4 Å². The fourth-order valence-electron chi connectivity index (χ4n) is 3.04. The normalized spacial score (nSPS) is 10.7. The second kappa shape index (κ2) is 11.5. The van der Waals surface area contributed by atoms with Crippen LogP contribution < -0.4 is 19.5 Å². The van der Waals surface area contributed by atoms with Crippen LogP contribution >= 0.6 is 11.6 Å². The van der Waals surface area contributed by atoms with Crippen LogP contribution in [-0.2, 0) is 11.4 Å². The molecule has 178 valence electrons. The molecule has 9 nitrogen and oxygen atoms in total. The lowest BCUT2D eigenvalue weighted by Gasteiger charge is -2.12. The number of amides is 1. The molecule has 10 heteroatoms. The lowest BCUT2D eigenvalue weighted by molar-refractivity contribution is -0.384. The summed E-state index contributed by atoms with van der Waals surface area (Å²) in [5.41, 5.74) is 1.22. The Bertz CT molecular complexity index is 1320. The number of nitro benzene ring substituents is 1. The maximum atomic E-state index is 12.7. The van der Waals surface area contributed by atoms with E-state index in [0.717, 1.165) is 5.56 Å². The molecule has 0 radical (unpaired) electrons. The summed E-state index contributed by atoms with van der Waals surface area (Å²) >= 11 is 5.91. The molecule has 0 unspecified atom stereocenters. The molecular formula is C25H20ClN3O6. The quantitative estimate of drug-likeness (QED) is 0.183. The maximum absolute atomic E-state index is 12.7. The van der Waals surface area contributed by atoms with Crippen LogP contribution in [0.2, 0.25) is 5.02 Å². The average molecular weight is 494 g/mol. The third-order valence-corrected chi connectivity index (χ3v) is 5.07. The van der Waals surface area contributed by atoms with Crippen molar-refractivity contribution in [3.63, 3.8) is 0 Å². The standard InChI is InChI=1S/C25H20ClN3O6/c1-33-22-10-5-17(12-24(22)35-15-16-3-6-19(26)7-4-16)11-18(14-27)25(30)28-21-9-8-20(29(31)32)13-23(21)34-2/h3-13H,15H2,1-2H3,(H,28,30)/b18-11-. The fourth-order valence-corrected chi connectivity index (χ4v) is 3.17. The minimum absolute atomic E-state index is 0.0900. The Morgan fingerprint density at radius 1 is 1.06 bits per heavy atom. The number of ether oxygens (including phenoxy) is 3. The van der Waals surface area contributed by atoms with E-state index in [1.807, 2.05) is 18.2 Å². The number of rotatable bonds is 9. The van der Waals surface area contributed by atoms with E-state index in [0.29, 0.717) is 22.1 Å². The molecular weight excluding hydrogens is 474 g/mol. The lowest BCUT2D eigenvalue weighted by Crippen LogP contribution is -2.14. The molecule has 0 saturated carbocycles. The molecule has 0 aliphatic rings. The third-order valence-electron chi connectivity index (χ3n) is 4.82. The SMILES string of the molecule is COc1cc([N+](=O)[O-])ccc1NC(=O)/C(C#N)=C\c1ccc(OC)c(OCc2ccc(Cl)cc2)c1. The van der Waals surface area contributed by atoms with E-state index < -0.39 is 10.8 Å². The van der Waals surface area contributed by atoms with E-state index in [1.54, 1.807) is 30.3 Å². The van der Waals surface area contributed by atoms with Crippen LogP contribution in [0.25, 0.3) is 6.08 Å². The molecule has 35 heavy (non-hydrogen) atoms. The number of non-ortho nitro benzene ring substituents is 1. The minimum atomic E-state index is -0.709. The summed E-state index contributed by atoms with van der Waals surface area (Å²) in [5.74, 6) is 0.284. The summed E-state index contributed by atoms with van der Waals surface area (Å²) in [6.07, 6.45) is 1.39. The molecule has 3 rings (SSSR count). The number of nitriles is 1. The van der Waals surface area contributed by atoms with Crippen LogP contribution in [0.15, 0.2) is 66.2 Å². The monoisotopic (exact) mass is 493 g/mol. The van der Waals surface area contributed by atoms with Gasteiger partial charge < -0.3 is 19.5 Å². The molecule has 0 aliphatic heterocycles. The Hall–Kier alpha value is -4.55. The van der Waals surface area contributed by atoms with E-state index in [9.17, 15) is 20.2 Å². The Balaban J connectivity index is 1.81. The molecule has 1 amide bonds. The maximum Gasteiger partial charge on any atom is 0.273 e. The molecule has 0 fully saturated rings. The first-order valence-electron chi connectivity index (χ1n) is 10.2. The Morgan fingerprint density at radius 2 is 1.77 bits per heavy atom. The number of halogens is 1. The highest BCUT2D eigenvalue weighted by Crippen LogP contribution is 2.31. The number of hydrogen-bond acceptors (Lipinski definition) is 7. The van der Waals surface area contributed by atoms with E-state index in [1.165, 1.54) is 38.5 Å². The van der Waals surface area contributed by atoms with Gasteiger partial charge in [-0.1, -0.05) is 29.8 Å². The summed E-state index contributed by atoms with van der Waals surface area (Å²) in [6.45, 7) is 0.256. The number of methoxy groups -OCH3 is 2. The van der Waals surface area contributed by atoms with Crippen LogP contribution in [0.3, 0.4) is 0 Å².